The van der Waals surface area contributed by atoms with E-state index in [1.54, 1.807) is 6.21 Å². The third-order valence-electron chi connectivity index (χ3n) is 6.04. The molecule has 4 heteroatoms. The first-order valence-corrected chi connectivity index (χ1v) is 8.32. The van der Waals surface area contributed by atoms with E-state index in [2.05, 4.69) is 17.3 Å². The molecule has 1 heterocycles. The van der Waals surface area contributed by atoms with Gasteiger partial charge in [0.2, 0.25) is 0 Å². The average molecular weight is 306 g/mol. The lowest BCUT2D eigenvalue weighted by atomic mass is 9.63. The minimum absolute atomic E-state index is 0.104. The number of carbonyl (C=O) groups is 2. The smallest absolute Gasteiger partial charge is 0.254 e. The molecule has 1 aromatic rings. The SMILES string of the molecule is Cc1ccc(/C=N\N2C(=O)[C@@H]3[C@H]4C=C[C@@H]([C@@H]5C[C@@H]45)[C@@H]3C2=O)cc1. The summed E-state index contributed by atoms with van der Waals surface area (Å²) in [5.74, 6) is 1.22. The van der Waals surface area contributed by atoms with E-state index < -0.39 is 0 Å². The lowest BCUT2D eigenvalue weighted by Crippen LogP contribution is -2.40. The van der Waals surface area contributed by atoms with Gasteiger partial charge in [-0.25, -0.2) is 0 Å². The summed E-state index contributed by atoms with van der Waals surface area (Å²) in [5, 5.41) is 5.36. The number of carbonyl (C=O) groups excluding carboxylic acids is 2. The van der Waals surface area contributed by atoms with E-state index in [1.165, 1.54) is 12.0 Å². The van der Waals surface area contributed by atoms with E-state index in [4.69, 9.17) is 0 Å². The highest BCUT2D eigenvalue weighted by Gasteiger charge is 2.67. The topological polar surface area (TPSA) is 49.7 Å². The predicted molar refractivity (Wildman–Crippen MR) is 85.3 cm³/mol. The standard InChI is InChI=1S/C19H18N2O2/c1-10-2-4-11(5-3-10)9-20-21-18(22)16-12-6-7-13(15-8-14(12)15)17(16)19(21)23/h2-7,9,12-17H,8H2,1H3/b20-9-/t12-,13-,14-,15-,16-,17+/m0/s1. The highest BCUT2D eigenvalue weighted by Crippen LogP contribution is 2.65. The second-order valence-electron chi connectivity index (χ2n) is 7.30. The molecule has 0 radical (unpaired) electrons. The summed E-state index contributed by atoms with van der Waals surface area (Å²) in [6.45, 7) is 2.02. The molecule has 23 heavy (non-hydrogen) atoms. The van der Waals surface area contributed by atoms with Gasteiger partial charge in [-0.05, 0) is 42.6 Å². The molecular formula is C19H18N2O2. The van der Waals surface area contributed by atoms with E-state index in [9.17, 15) is 9.59 Å². The summed E-state index contributed by atoms with van der Waals surface area (Å²) in [5.41, 5.74) is 2.07. The molecule has 4 nitrogen and oxygen atoms in total. The third kappa shape index (κ3) is 1.75. The number of allylic oxidation sites excluding steroid dienone is 2. The predicted octanol–water partition coefficient (Wildman–Crippen LogP) is 2.38. The van der Waals surface area contributed by atoms with Crippen molar-refractivity contribution < 1.29 is 9.59 Å². The van der Waals surface area contributed by atoms with Crippen LogP contribution in [0.2, 0.25) is 0 Å². The molecule has 2 amide bonds. The molecule has 2 saturated carbocycles. The summed E-state index contributed by atoms with van der Waals surface area (Å²) in [6.07, 6.45) is 7.15. The summed E-state index contributed by atoms with van der Waals surface area (Å²) < 4.78 is 0. The summed E-state index contributed by atoms with van der Waals surface area (Å²) in [7, 11) is 0. The summed E-state index contributed by atoms with van der Waals surface area (Å²) >= 11 is 0. The van der Waals surface area contributed by atoms with Crippen LogP contribution < -0.4 is 0 Å². The molecule has 1 aromatic carbocycles. The van der Waals surface area contributed by atoms with Crippen LogP contribution in [0.3, 0.4) is 0 Å². The van der Waals surface area contributed by atoms with Crippen LogP contribution >= 0.6 is 0 Å². The minimum Gasteiger partial charge on any atom is -0.272 e. The number of rotatable bonds is 2. The van der Waals surface area contributed by atoms with Gasteiger partial charge in [-0.15, -0.1) is 0 Å². The van der Waals surface area contributed by atoms with Crippen LogP contribution in [0.5, 0.6) is 0 Å². The molecule has 3 fully saturated rings. The molecule has 0 N–H and O–H groups in total. The quantitative estimate of drug-likeness (QED) is 0.478. The monoisotopic (exact) mass is 306 g/mol. The zero-order valence-electron chi connectivity index (χ0n) is 12.9. The summed E-state index contributed by atoms with van der Waals surface area (Å²) in [4.78, 5) is 25.5. The fourth-order valence-corrected chi connectivity index (χ4v) is 4.83. The van der Waals surface area contributed by atoms with Gasteiger partial charge < -0.3 is 0 Å². The van der Waals surface area contributed by atoms with Crippen molar-refractivity contribution in [3.8, 4) is 0 Å². The van der Waals surface area contributed by atoms with Crippen molar-refractivity contribution in [1.82, 2.24) is 5.01 Å². The van der Waals surface area contributed by atoms with Gasteiger partial charge in [0.25, 0.3) is 11.8 Å². The van der Waals surface area contributed by atoms with Gasteiger partial charge >= 0.3 is 0 Å². The van der Waals surface area contributed by atoms with Crippen molar-refractivity contribution >= 4 is 18.0 Å². The number of benzene rings is 1. The molecule has 6 atom stereocenters. The number of nitrogens with zero attached hydrogens (tertiary/aromatic N) is 2. The highest BCUT2D eigenvalue weighted by molar-refractivity contribution is 6.06. The Labute approximate surface area is 134 Å². The number of aryl methyl sites for hydroxylation is 1. The molecule has 1 saturated heterocycles. The molecule has 4 aliphatic carbocycles. The lowest BCUT2D eigenvalue weighted by molar-refractivity contribution is -0.140. The zero-order valence-corrected chi connectivity index (χ0v) is 12.9. The Morgan fingerprint density at radius 2 is 1.57 bits per heavy atom. The van der Waals surface area contributed by atoms with Gasteiger partial charge in [0.15, 0.2) is 0 Å². The molecule has 5 aliphatic rings. The Hall–Kier alpha value is -2.23. The molecule has 1 aliphatic heterocycles. The first kappa shape index (κ1) is 13.2. The van der Waals surface area contributed by atoms with Crippen molar-refractivity contribution in [3.05, 3.63) is 47.5 Å². The minimum atomic E-state index is -0.170. The Bertz CT molecular complexity index is 728. The molecule has 0 spiro atoms. The van der Waals surface area contributed by atoms with Crippen LogP contribution in [0.25, 0.3) is 0 Å². The number of imide groups is 1. The first-order chi connectivity index (χ1) is 11.1. The van der Waals surface area contributed by atoms with Crippen LogP contribution in [0.15, 0.2) is 41.5 Å². The van der Waals surface area contributed by atoms with Crippen LogP contribution in [0.4, 0.5) is 0 Å². The number of amides is 2. The van der Waals surface area contributed by atoms with Crippen LogP contribution in [-0.2, 0) is 9.59 Å². The Morgan fingerprint density at radius 1 is 1.00 bits per heavy atom. The van der Waals surface area contributed by atoms with Crippen molar-refractivity contribution in [3.63, 3.8) is 0 Å². The first-order valence-electron chi connectivity index (χ1n) is 8.32. The lowest BCUT2D eigenvalue weighted by Gasteiger charge is -2.37. The number of hydrazone groups is 1. The Balaban J connectivity index is 1.44. The second-order valence-corrected chi connectivity index (χ2v) is 7.30. The average Bonchev–Trinajstić information content (AvgIpc) is 3.33. The molecule has 2 bridgehead atoms. The van der Waals surface area contributed by atoms with E-state index in [-0.39, 0.29) is 35.5 Å². The van der Waals surface area contributed by atoms with E-state index >= 15 is 0 Å². The highest BCUT2D eigenvalue weighted by atomic mass is 16.2. The Kier molecular flexibility index (Phi) is 2.53. The van der Waals surface area contributed by atoms with Gasteiger partial charge in [-0.3, -0.25) is 9.59 Å². The molecular weight excluding hydrogens is 288 g/mol. The fraction of sp³-hybridized carbons (Fsp3) is 0.421. The summed E-state index contributed by atoms with van der Waals surface area (Å²) in [6, 6.07) is 7.87. The Morgan fingerprint density at radius 3 is 2.13 bits per heavy atom. The van der Waals surface area contributed by atoms with Crippen molar-refractivity contribution in [2.45, 2.75) is 13.3 Å². The van der Waals surface area contributed by atoms with E-state index in [0.717, 1.165) is 10.6 Å². The fourth-order valence-electron chi connectivity index (χ4n) is 4.83. The maximum absolute atomic E-state index is 12.7. The maximum atomic E-state index is 12.7. The van der Waals surface area contributed by atoms with Crippen molar-refractivity contribution in [2.24, 2.45) is 40.6 Å². The van der Waals surface area contributed by atoms with Crippen molar-refractivity contribution in [1.29, 1.82) is 0 Å². The third-order valence-corrected chi connectivity index (χ3v) is 6.04. The zero-order chi connectivity index (χ0) is 15.7. The van der Waals surface area contributed by atoms with Crippen LogP contribution in [0, 0.1) is 42.4 Å². The number of hydrogen-bond donors (Lipinski definition) is 0. The van der Waals surface area contributed by atoms with E-state index in [0.29, 0.717) is 11.8 Å². The van der Waals surface area contributed by atoms with Crippen LogP contribution in [0.1, 0.15) is 17.5 Å². The van der Waals surface area contributed by atoms with Gasteiger partial charge in [0.05, 0.1) is 18.1 Å². The van der Waals surface area contributed by atoms with Gasteiger partial charge in [0.1, 0.15) is 0 Å². The molecule has 0 unspecified atom stereocenters. The molecule has 0 aromatic heterocycles. The van der Waals surface area contributed by atoms with E-state index in [1.807, 2.05) is 31.2 Å². The van der Waals surface area contributed by atoms with Gasteiger partial charge in [0, 0.05) is 0 Å². The number of hydrogen-bond acceptors (Lipinski definition) is 3. The molecule has 6 rings (SSSR count). The molecule has 116 valence electrons. The second kappa shape index (κ2) is 4.40. The van der Waals surface area contributed by atoms with Crippen LogP contribution in [-0.4, -0.2) is 23.0 Å². The van der Waals surface area contributed by atoms with Gasteiger partial charge in [-0.2, -0.15) is 10.1 Å². The van der Waals surface area contributed by atoms with Gasteiger partial charge in [-0.1, -0.05) is 42.0 Å². The van der Waals surface area contributed by atoms with Crippen molar-refractivity contribution in [2.75, 3.05) is 0 Å². The maximum Gasteiger partial charge on any atom is 0.254 e. The largest absolute Gasteiger partial charge is 0.272 e. The normalized spacial score (nSPS) is 40.0.